The Bertz CT molecular complexity index is 525. The molecule has 1 aromatic carbocycles. The van der Waals surface area contributed by atoms with Crippen molar-refractivity contribution in [2.24, 2.45) is 10.9 Å². The van der Waals surface area contributed by atoms with Gasteiger partial charge in [-0.1, -0.05) is 24.3 Å². The monoisotopic (exact) mass is 461 g/mol. The van der Waals surface area contributed by atoms with Gasteiger partial charge in [-0.25, -0.2) is 4.99 Å². The molecule has 5 nitrogen and oxygen atoms in total. The Balaban J connectivity index is 0.00000312. The van der Waals surface area contributed by atoms with Crippen molar-refractivity contribution in [2.45, 2.75) is 33.4 Å². The van der Waals surface area contributed by atoms with E-state index in [0.29, 0.717) is 19.1 Å². The number of aliphatic imine (C=N–C) groups is 1. The van der Waals surface area contributed by atoms with Gasteiger partial charge in [0.05, 0.1) is 19.8 Å². The summed E-state index contributed by atoms with van der Waals surface area (Å²) in [5.41, 5.74) is 2.45. The minimum Gasteiger partial charge on any atom is -0.384 e. The molecule has 0 radical (unpaired) electrons. The largest absolute Gasteiger partial charge is 0.384 e. The quantitative estimate of drug-likeness (QED) is 0.367. The highest BCUT2D eigenvalue weighted by Crippen LogP contribution is 2.17. The second kappa shape index (κ2) is 12.5. The first-order valence-electron chi connectivity index (χ1n) is 8.95. The van der Waals surface area contributed by atoms with E-state index in [1.807, 2.05) is 6.92 Å². The van der Waals surface area contributed by atoms with Crippen LogP contribution in [0.1, 0.15) is 31.4 Å². The van der Waals surface area contributed by atoms with Crippen LogP contribution < -0.4 is 5.32 Å². The van der Waals surface area contributed by atoms with Crippen molar-refractivity contribution in [1.82, 2.24) is 10.2 Å². The molecule has 0 saturated carbocycles. The number of nitrogens with one attached hydrogen (secondary N) is 1. The number of benzene rings is 1. The van der Waals surface area contributed by atoms with Gasteiger partial charge >= 0.3 is 0 Å². The molecule has 1 saturated heterocycles. The van der Waals surface area contributed by atoms with Crippen LogP contribution in [-0.4, -0.2) is 50.8 Å². The van der Waals surface area contributed by atoms with E-state index < -0.39 is 0 Å². The number of ether oxygens (including phenoxy) is 2. The fourth-order valence-electron chi connectivity index (χ4n) is 3.05. The molecule has 1 fully saturated rings. The second-order valence-corrected chi connectivity index (χ2v) is 6.13. The molecule has 0 aliphatic carbocycles. The smallest absolute Gasteiger partial charge is 0.194 e. The molecule has 0 aromatic heterocycles. The third-order valence-electron chi connectivity index (χ3n) is 4.30. The van der Waals surface area contributed by atoms with Gasteiger partial charge in [0.15, 0.2) is 5.96 Å². The lowest BCUT2D eigenvalue weighted by molar-refractivity contribution is 0.133. The van der Waals surface area contributed by atoms with Gasteiger partial charge in [0.1, 0.15) is 0 Å². The van der Waals surface area contributed by atoms with E-state index in [2.05, 4.69) is 41.4 Å². The Morgan fingerprint density at radius 2 is 2.04 bits per heavy atom. The Kier molecular flexibility index (Phi) is 11.1. The van der Waals surface area contributed by atoms with Crippen LogP contribution in [0.25, 0.3) is 0 Å². The van der Waals surface area contributed by atoms with Crippen LogP contribution in [0.15, 0.2) is 29.3 Å². The summed E-state index contributed by atoms with van der Waals surface area (Å²) in [6.45, 7) is 9.96. The number of likely N-dealkylation sites (tertiary alicyclic amines) is 1. The van der Waals surface area contributed by atoms with Crippen molar-refractivity contribution >= 4 is 29.9 Å². The highest BCUT2D eigenvalue weighted by atomic mass is 127. The lowest BCUT2D eigenvalue weighted by Gasteiger charge is -2.22. The van der Waals surface area contributed by atoms with Crippen LogP contribution in [0.5, 0.6) is 0 Å². The minimum atomic E-state index is 0. The van der Waals surface area contributed by atoms with Crippen LogP contribution in [0.4, 0.5) is 0 Å². The van der Waals surface area contributed by atoms with Crippen molar-refractivity contribution in [3.05, 3.63) is 35.4 Å². The van der Waals surface area contributed by atoms with Gasteiger partial charge in [0, 0.05) is 39.3 Å². The molecule has 1 aromatic rings. The number of methoxy groups -OCH3 is 1. The molecule has 1 atom stereocenters. The molecule has 25 heavy (non-hydrogen) atoms. The second-order valence-electron chi connectivity index (χ2n) is 6.13. The van der Waals surface area contributed by atoms with Crippen molar-refractivity contribution in [3.63, 3.8) is 0 Å². The first-order chi connectivity index (χ1) is 11.8. The molecule has 0 bridgehead atoms. The van der Waals surface area contributed by atoms with Gasteiger partial charge in [-0.05, 0) is 31.4 Å². The predicted octanol–water partition coefficient (Wildman–Crippen LogP) is 3.27. The maximum Gasteiger partial charge on any atom is 0.194 e. The SMILES string of the molecule is CCNC(=NCc1ccccc1COCC)N1CCC(COC)C1.I. The molecule has 6 heteroatoms. The fourth-order valence-corrected chi connectivity index (χ4v) is 3.05. The van der Waals surface area contributed by atoms with E-state index >= 15 is 0 Å². The van der Waals surface area contributed by atoms with E-state index in [-0.39, 0.29) is 24.0 Å². The fraction of sp³-hybridized carbons (Fsp3) is 0.632. The van der Waals surface area contributed by atoms with E-state index in [4.69, 9.17) is 14.5 Å². The van der Waals surface area contributed by atoms with Gasteiger partial charge in [0.2, 0.25) is 0 Å². The van der Waals surface area contributed by atoms with Gasteiger partial charge in [-0.3, -0.25) is 0 Å². The third kappa shape index (κ3) is 7.11. The molecule has 1 unspecified atom stereocenters. The summed E-state index contributed by atoms with van der Waals surface area (Å²) in [6, 6.07) is 8.39. The Labute approximate surface area is 169 Å². The Morgan fingerprint density at radius 1 is 1.28 bits per heavy atom. The maximum absolute atomic E-state index is 5.57. The van der Waals surface area contributed by atoms with Gasteiger partial charge < -0.3 is 19.7 Å². The maximum atomic E-state index is 5.57. The van der Waals surface area contributed by atoms with Gasteiger partial charge in [0.25, 0.3) is 0 Å². The minimum absolute atomic E-state index is 0. The first-order valence-corrected chi connectivity index (χ1v) is 8.95. The molecular formula is C19H32IN3O2. The molecule has 1 aliphatic heterocycles. The van der Waals surface area contributed by atoms with E-state index in [9.17, 15) is 0 Å². The standard InChI is InChI=1S/C19H31N3O2.HI/c1-4-20-19(22-11-10-16(13-22)14-23-3)21-12-17-8-6-7-9-18(17)15-24-5-2;/h6-9,16H,4-5,10-15H2,1-3H3,(H,20,21);1H. The van der Waals surface area contributed by atoms with Crippen LogP contribution in [-0.2, 0) is 22.6 Å². The number of rotatable bonds is 8. The Morgan fingerprint density at radius 3 is 2.72 bits per heavy atom. The van der Waals surface area contributed by atoms with Crippen LogP contribution in [0.2, 0.25) is 0 Å². The van der Waals surface area contributed by atoms with Crippen molar-refractivity contribution in [2.75, 3.05) is 40.0 Å². The van der Waals surface area contributed by atoms with Crippen molar-refractivity contribution in [3.8, 4) is 0 Å². The van der Waals surface area contributed by atoms with Crippen LogP contribution >= 0.6 is 24.0 Å². The van der Waals surface area contributed by atoms with Gasteiger partial charge in [-0.15, -0.1) is 24.0 Å². The number of guanidine groups is 1. The van der Waals surface area contributed by atoms with Crippen molar-refractivity contribution < 1.29 is 9.47 Å². The lowest BCUT2D eigenvalue weighted by atomic mass is 10.1. The normalized spacial score (nSPS) is 17.5. The highest BCUT2D eigenvalue weighted by Gasteiger charge is 2.24. The van der Waals surface area contributed by atoms with E-state index in [0.717, 1.165) is 38.8 Å². The summed E-state index contributed by atoms with van der Waals surface area (Å²) in [5.74, 6) is 1.60. The lowest BCUT2D eigenvalue weighted by Crippen LogP contribution is -2.40. The highest BCUT2D eigenvalue weighted by molar-refractivity contribution is 14.0. The number of nitrogens with zero attached hydrogens (tertiary/aromatic N) is 2. The summed E-state index contributed by atoms with van der Waals surface area (Å²) in [6.07, 6.45) is 1.17. The Hall–Kier alpha value is -0.860. The van der Waals surface area contributed by atoms with Crippen molar-refractivity contribution in [1.29, 1.82) is 0 Å². The van der Waals surface area contributed by atoms with E-state index in [1.165, 1.54) is 17.5 Å². The molecule has 0 amide bonds. The predicted molar refractivity (Wildman–Crippen MR) is 114 cm³/mol. The summed E-state index contributed by atoms with van der Waals surface area (Å²) in [5, 5.41) is 3.42. The molecule has 2 rings (SSSR count). The number of hydrogen-bond acceptors (Lipinski definition) is 3. The zero-order chi connectivity index (χ0) is 17.2. The summed E-state index contributed by atoms with van der Waals surface area (Å²) < 4.78 is 10.9. The van der Waals surface area contributed by atoms with Crippen LogP contribution in [0, 0.1) is 5.92 Å². The first kappa shape index (κ1) is 22.2. The van der Waals surface area contributed by atoms with E-state index in [1.54, 1.807) is 7.11 Å². The molecule has 1 aliphatic rings. The average Bonchev–Trinajstić information content (AvgIpc) is 3.06. The molecular weight excluding hydrogens is 429 g/mol. The zero-order valence-corrected chi connectivity index (χ0v) is 18.0. The third-order valence-corrected chi connectivity index (χ3v) is 4.30. The van der Waals surface area contributed by atoms with Crippen LogP contribution in [0.3, 0.4) is 0 Å². The van der Waals surface area contributed by atoms with Gasteiger partial charge in [-0.2, -0.15) is 0 Å². The summed E-state index contributed by atoms with van der Waals surface area (Å²) in [7, 11) is 1.78. The summed E-state index contributed by atoms with van der Waals surface area (Å²) in [4.78, 5) is 7.21. The molecule has 0 spiro atoms. The summed E-state index contributed by atoms with van der Waals surface area (Å²) >= 11 is 0. The average molecular weight is 461 g/mol. The molecule has 1 N–H and O–H groups in total. The number of halogens is 1. The number of hydrogen-bond donors (Lipinski definition) is 1. The zero-order valence-electron chi connectivity index (χ0n) is 15.7. The molecule has 1 heterocycles. The molecule has 142 valence electrons. The topological polar surface area (TPSA) is 46.1 Å².